The fraction of sp³-hybridized carbons (Fsp3) is 0.600. The van der Waals surface area contributed by atoms with Crippen LogP contribution in [0, 0.1) is 5.92 Å². The first kappa shape index (κ1) is 14.8. The van der Waals surface area contributed by atoms with E-state index >= 15 is 0 Å². The topological polar surface area (TPSA) is 56.8 Å². The van der Waals surface area contributed by atoms with Crippen molar-refractivity contribution in [3.8, 4) is 11.5 Å². The molecular formula is C15H21NO4S. The quantitative estimate of drug-likeness (QED) is 0.885. The second-order valence-corrected chi connectivity index (χ2v) is 6.83. The minimum Gasteiger partial charge on any atom is -0.486 e. The maximum absolute atomic E-state index is 12.6. The molecule has 2 aliphatic heterocycles. The molecule has 21 heavy (non-hydrogen) atoms. The van der Waals surface area contributed by atoms with Gasteiger partial charge in [0.2, 0.25) is 0 Å². The van der Waals surface area contributed by atoms with Gasteiger partial charge in [0.25, 0.3) is 0 Å². The van der Waals surface area contributed by atoms with E-state index in [9.17, 15) is 4.21 Å². The third-order valence-electron chi connectivity index (χ3n) is 4.01. The molecule has 0 amide bonds. The molecule has 1 N–H and O–H groups in total. The van der Waals surface area contributed by atoms with Crippen molar-refractivity contribution in [1.82, 2.24) is 5.32 Å². The normalized spacial score (nSPS) is 23.8. The van der Waals surface area contributed by atoms with E-state index in [0.29, 0.717) is 30.6 Å². The smallest absolute Gasteiger partial charge is 0.162 e. The molecule has 0 radical (unpaired) electrons. The Morgan fingerprint density at radius 3 is 2.81 bits per heavy atom. The van der Waals surface area contributed by atoms with Crippen LogP contribution in [0.4, 0.5) is 0 Å². The molecule has 3 atom stereocenters. The Bertz CT molecular complexity index is 516. The molecule has 6 heteroatoms. The Hall–Kier alpha value is -1.11. The first-order valence-corrected chi connectivity index (χ1v) is 8.63. The lowest BCUT2D eigenvalue weighted by Gasteiger charge is -2.22. The molecule has 1 saturated heterocycles. The average Bonchev–Trinajstić information content (AvgIpc) is 3.06. The summed E-state index contributed by atoms with van der Waals surface area (Å²) in [6.45, 7) is 2.67. The number of hydrogen-bond donors (Lipinski definition) is 1. The number of nitrogens with one attached hydrogen (secondary N) is 1. The van der Waals surface area contributed by atoms with E-state index in [1.165, 1.54) is 0 Å². The molecular weight excluding hydrogens is 290 g/mol. The van der Waals surface area contributed by atoms with Crippen LogP contribution in [0.3, 0.4) is 0 Å². The molecule has 5 nitrogen and oxygen atoms in total. The van der Waals surface area contributed by atoms with Crippen LogP contribution in [0.1, 0.15) is 6.42 Å². The molecule has 1 aromatic carbocycles. The van der Waals surface area contributed by atoms with Gasteiger partial charge in [0.05, 0.1) is 17.4 Å². The van der Waals surface area contributed by atoms with Gasteiger partial charge < -0.3 is 19.5 Å². The van der Waals surface area contributed by atoms with Gasteiger partial charge in [-0.3, -0.25) is 4.21 Å². The maximum Gasteiger partial charge on any atom is 0.162 e. The number of fused-ring (bicyclic) bond motifs is 1. The van der Waals surface area contributed by atoms with Crippen LogP contribution in [-0.4, -0.2) is 49.5 Å². The summed E-state index contributed by atoms with van der Waals surface area (Å²) in [5.74, 6) is 2.45. The van der Waals surface area contributed by atoms with E-state index in [2.05, 4.69) is 5.32 Å². The minimum atomic E-state index is -1.06. The lowest BCUT2D eigenvalue weighted by molar-refractivity contribution is 0.171. The summed E-state index contributed by atoms with van der Waals surface area (Å²) in [6.07, 6.45) is 1.03. The molecule has 0 aliphatic carbocycles. The van der Waals surface area contributed by atoms with E-state index in [1.807, 2.05) is 25.2 Å². The van der Waals surface area contributed by atoms with Crippen molar-refractivity contribution >= 4 is 10.8 Å². The molecule has 3 rings (SSSR count). The summed E-state index contributed by atoms with van der Waals surface area (Å²) in [5, 5.41) is 3.28. The predicted octanol–water partition coefficient (Wildman–Crippen LogP) is 1.19. The van der Waals surface area contributed by atoms with Crippen molar-refractivity contribution in [2.75, 3.05) is 39.2 Å². The monoisotopic (exact) mass is 311 g/mol. The van der Waals surface area contributed by atoms with Gasteiger partial charge >= 0.3 is 0 Å². The van der Waals surface area contributed by atoms with Crippen molar-refractivity contribution in [2.24, 2.45) is 5.92 Å². The van der Waals surface area contributed by atoms with Crippen LogP contribution in [0.5, 0.6) is 11.5 Å². The van der Waals surface area contributed by atoms with Gasteiger partial charge in [0.15, 0.2) is 11.5 Å². The Morgan fingerprint density at radius 1 is 1.29 bits per heavy atom. The van der Waals surface area contributed by atoms with Gasteiger partial charge in [-0.05, 0) is 25.6 Å². The highest BCUT2D eigenvalue weighted by Crippen LogP contribution is 2.32. The second-order valence-electron chi connectivity index (χ2n) is 5.34. The van der Waals surface area contributed by atoms with Crippen molar-refractivity contribution in [3.63, 3.8) is 0 Å². The summed E-state index contributed by atoms with van der Waals surface area (Å²) >= 11 is 0. The third-order valence-corrected chi connectivity index (χ3v) is 5.45. The fourth-order valence-corrected chi connectivity index (χ4v) is 4.17. The Balaban J connectivity index is 1.69. The van der Waals surface area contributed by atoms with Gasteiger partial charge in [-0.25, -0.2) is 0 Å². The highest BCUT2D eigenvalue weighted by atomic mass is 32.2. The van der Waals surface area contributed by atoms with Crippen molar-refractivity contribution in [2.45, 2.75) is 17.4 Å². The first-order valence-electron chi connectivity index (χ1n) is 7.31. The van der Waals surface area contributed by atoms with E-state index in [4.69, 9.17) is 14.2 Å². The Morgan fingerprint density at radius 2 is 2.10 bits per heavy atom. The summed E-state index contributed by atoms with van der Waals surface area (Å²) in [4.78, 5) is 0.790. The van der Waals surface area contributed by atoms with Crippen LogP contribution in [0.15, 0.2) is 23.1 Å². The van der Waals surface area contributed by atoms with Gasteiger partial charge in [0, 0.05) is 35.3 Å². The molecule has 116 valence electrons. The van der Waals surface area contributed by atoms with E-state index in [1.54, 1.807) is 0 Å². The minimum absolute atomic E-state index is 0.210. The van der Waals surface area contributed by atoms with Crippen LogP contribution in [0.2, 0.25) is 0 Å². The van der Waals surface area contributed by atoms with Gasteiger partial charge in [-0.2, -0.15) is 0 Å². The molecule has 1 fully saturated rings. The number of rotatable bonds is 5. The third kappa shape index (κ3) is 3.39. The highest BCUT2D eigenvalue weighted by Gasteiger charge is 2.26. The first-order chi connectivity index (χ1) is 10.3. The van der Waals surface area contributed by atoms with Crippen LogP contribution < -0.4 is 14.8 Å². The molecule has 0 saturated carbocycles. The van der Waals surface area contributed by atoms with E-state index in [-0.39, 0.29) is 6.04 Å². The van der Waals surface area contributed by atoms with Gasteiger partial charge in [0.1, 0.15) is 13.2 Å². The second kappa shape index (κ2) is 6.77. The highest BCUT2D eigenvalue weighted by molar-refractivity contribution is 7.85. The summed E-state index contributed by atoms with van der Waals surface area (Å²) < 4.78 is 29.1. The lowest BCUT2D eigenvalue weighted by Crippen LogP contribution is -2.38. The zero-order chi connectivity index (χ0) is 14.7. The van der Waals surface area contributed by atoms with E-state index in [0.717, 1.165) is 30.3 Å². The molecule has 2 heterocycles. The van der Waals surface area contributed by atoms with Crippen molar-refractivity contribution < 1.29 is 18.4 Å². The van der Waals surface area contributed by atoms with Crippen molar-refractivity contribution in [3.05, 3.63) is 18.2 Å². The SMILES string of the molecule is CNC(CS(=O)c1ccc2c(c1)OCCO2)C1CCOC1. The predicted molar refractivity (Wildman–Crippen MR) is 80.5 cm³/mol. The van der Waals surface area contributed by atoms with E-state index < -0.39 is 10.8 Å². The zero-order valence-corrected chi connectivity index (χ0v) is 13.0. The van der Waals surface area contributed by atoms with Gasteiger partial charge in [-0.1, -0.05) is 0 Å². The number of hydrogen-bond acceptors (Lipinski definition) is 5. The molecule has 0 bridgehead atoms. The van der Waals surface area contributed by atoms with Gasteiger partial charge in [-0.15, -0.1) is 0 Å². The number of benzene rings is 1. The largest absolute Gasteiger partial charge is 0.486 e. The average molecular weight is 311 g/mol. The molecule has 0 aromatic heterocycles. The van der Waals surface area contributed by atoms with Crippen LogP contribution in [-0.2, 0) is 15.5 Å². The molecule has 0 spiro atoms. The van der Waals surface area contributed by atoms with Crippen LogP contribution in [0.25, 0.3) is 0 Å². The van der Waals surface area contributed by atoms with Crippen molar-refractivity contribution in [1.29, 1.82) is 0 Å². The summed E-state index contributed by atoms with van der Waals surface area (Å²) in [5.41, 5.74) is 0. The molecule has 1 aromatic rings. The maximum atomic E-state index is 12.6. The Labute approximate surface area is 127 Å². The summed E-state index contributed by atoms with van der Waals surface area (Å²) in [7, 11) is 0.860. The zero-order valence-electron chi connectivity index (χ0n) is 12.2. The molecule has 2 aliphatic rings. The summed E-state index contributed by atoms with van der Waals surface area (Å²) in [6, 6.07) is 5.75. The lowest BCUT2D eigenvalue weighted by atomic mass is 10.0. The number of ether oxygens (including phenoxy) is 3. The fourth-order valence-electron chi connectivity index (χ4n) is 2.75. The molecule has 3 unspecified atom stereocenters. The Kier molecular flexibility index (Phi) is 4.77. The standard InChI is InChI=1S/C15H21NO4S/c1-16-13(11-4-5-18-9-11)10-21(17)12-2-3-14-15(8-12)20-7-6-19-14/h2-3,8,11,13,16H,4-7,9-10H2,1H3. The van der Waals surface area contributed by atoms with Crippen LogP contribution >= 0.6 is 0 Å².